The van der Waals surface area contributed by atoms with Crippen molar-refractivity contribution in [2.45, 2.75) is 19.8 Å². The van der Waals surface area contributed by atoms with Crippen LogP contribution in [0.1, 0.15) is 24.5 Å². The van der Waals surface area contributed by atoms with E-state index in [-0.39, 0.29) is 0 Å². The second-order valence-corrected chi connectivity index (χ2v) is 6.59. The van der Waals surface area contributed by atoms with Gasteiger partial charge in [-0.25, -0.2) is 4.98 Å². The van der Waals surface area contributed by atoms with E-state index >= 15 is 0 Å². The minimum absolute atomic E-state index is 0.894. The Morgan fingerprint density at radius 2 is 1.54 bits per heavy atom. The number of rotatable bonds is 5. The highest BCUT2D eigenvalue weighted by Gasteiger charge is 2.06. The van der Waals surface area contributed by atoms with Crippen LogP contribution in [-0.2, 0) is 6.42 Å². The van der Waals surface area contributed by atoms with Crippen molar-refractivity contribution in [3.05, 3.63) is 84.4 Å². The third-order valence-electron chi connectivity index (χ3n) is 4.73. The van der Waals surface area contributed by atoms with Crippen LogP contribution in [0.5, 0.6) is 0 Å². The topological polar surface area (TPSA) is 28.7 Å². The van der Waals surface area contributed by atoms with Crippen LogP contribution in [-0.4, -0.2) is 9.97 Å². The fraction of sp³-hybridized carbons (Fsp3) is 0.125. The molecule has 3 aromatic carbocycles. The molecule has 0 radical (unpaired) electrons. The number of aromatic amines is 1. The Morgan fingerprint density at radius 3 is 2.19 bits per heavy atom. The molecule has 0 saturated carbocycles. The number of aromatic nitrogens is 2. The summed E-state index contributed by atoms with van der Waals surface area (Å²) in [5.74, 6) is 0.894. The minimum Gasteiger partial charge on any atom is -0.338 e. The van der Waals surface area contributed by atoms with Gasteiger partial charge in [-0.05, 0) is 40.8 Å². The Morgan fingerprint density at radius 1 is 0.885 bits per heavy atom. The van der Waals surface area contributed by atoms with Gasteiger partial charge in [0.15, 0.2) is 0 Å². The van der Waals surface area contributed by atoms with E-state index in [9.17, 15) is 0 Å². The van der Waals surface area contributed by atoms with Gasteiger partial charge in [0, 0.05) is 5.56 Å². The van der Waals surface area contributed by atoms with Gasteiger partial charge < -0.3 is 4.98 Å². The molecule has 0 aliphatic heterocycles. The Bertz CT molecular complexity index is 1040. The van der Waals surface area contributed by atoms with Crippen molar-refractivity contribution >= 4 is 17.1 Å². The monoisotopic (exact) mass is 338 g/mol. The number of fused-ring (bicyclic) bond motifs is 1. The molecule has 0 aliphatic rings. The minimum atomic E-state index is 0.894. The van der Waals surface area contributed by atoms with Crippen LogP contribution in [0.2, 0.25) is 0 Å². The molecule has 0 amide bonds. The Kier molecular flexibility index (Phi) is 4.40. The summed E-state index contributed by atoms with van der Waals surface area (Å²) in [6, 6.07) is 23.6. The highest BCUT2D eigenvalue weighted by Crippen LogP contribution is 2.26. The van der Waals surface area contributed by atoms with E-state index in [2.05, 4.69) is 79.2 Å². The standard InChI is InChI=1S/C24H22N2/c1-3-5-18-6-9-19(10-7-18)20-11-13-21(14-12-20)24-25-22-15-8-17(4-2)16-23(22)26-24/h4,6-16H,2-3,5H2,1H3,(H,25,26). The first-order chi connectivity index (χ1) is 12.8. The van der Waals surface area contributed by atoms with E-state index in [4.69, 9.17) is 4.98 Å². The van der Waals surface area contributed by atoms with Crippen molar-refractivity contribution in [1.29, 1.82) is 0 Å². The van der Waals surface area contributed by atoms with Gasteiger partial charge in [0.2, 0.25) is 0 Å². The summed E-state index contributed by atoms with van der Waals surface area (Å²) in [5.41, 5.74) is 8.05. The van der Waals surface area contributed by atoms with Crippen molar-refractivity contribution in [2.75, 3.05) is 0 Å². The highest BCUT2D eigenvalue weighted by atomic mass is 14.9. The van der Waals surface area contributed by atoms with Crippen LogP contribution in [0.15, 0.2) is 73.3 Å². The quantitative estimate of drug-likeness (QED) is 0.442. The Hall–Kier alpha value is -3.13. The van der Waals surface area contributed by atoms with Crippen molar-refractivity contribution < 1.29 is 0 Å². The van der Waals surface area contributed by atoms with Crippen molar-refractivity contribution in [3.63, 3.8) is 0 Å². The van der Waals surface area contributed by atoms with Gasteiger partial charge in [-0.3, -0.25) is 0 Å². The van der Waals surface area contributed by atoms with E-state index in [1.54, 1.807) is 0 Å². The zero-order chi connectivity index (χ0) is 17.9. The second-order valence-electron chi connectivity index (χ2n) is 6.59. The fourth-order valence-electron chi connectivity index (χ4n) is 3.26. The van der Waals surface area contributed by atoms with Gasteiger partial charge in [0.1, 0.15) is 5.82 Å². The van der Waals surface area contributed by atoms with Crippen molar-refractivity contribution in [1.82, 2.24) is 9.97 Å². The number of hydrogen-bond donors (Lipinski definition) is 1. The molecule has 0 spiro atoms. The van der Waals surface area contributed by atoms with Crippen LogP contribution in [0.25, 0.3) is 39.6 Å². The molecule has 2 nitrogen and oxygen atoms in total. The van der Waals surface area contributed by atoms with E-state index in [1.165, 1.54) is 23.1 Å². The Balaban J connectivity index is 1.62. The van der Waals surface area contributed by atoms with E-state index < -0.39 is 0 Å². The molecule has 0 bridgehead atoms. The lowest BCUT2D eigenvalue weighted by Gasteiger charge is -2.05. The Labute approximate surface area is 154 Å². The number of H-pyrrole nitrogens is 1. The summed E-state index contributed by atoms with van der Waals surface area (Å²) in [7, 11) is 0. The number of nitrogens with zero attached hydrogens (tertiary/aromatic N) is 1. The SMILES string of the molecule is C=Cc1ccc2[nH]c(-c3ccc(-c4ccc(CCC)cc4)cc3)nc2c1. The number of benzene rings is 3. The fourth-order valence-corrected chi connectivity index (χ4v) is 3.26. The number of imidazole rings is 1. The summed E-state index contributed by atoms with van der Waals surface area (Å²) in [4.78, 5) is 8.12. The number of hydrogen-bond acceptors (Lipinski definition) is 1. The average Bonchev–Trinajstić information content (AvgIpc) is 3.12. The molecule has 0 aliphatic carbocycles. The molecule has 4 rings (SSSR count). The smallest absolute Gasteiger partial charge is 0.138 e. The first-order valence-electron chi connectivity index (χ1n) is 9.09. The first-order valence-corrected chi connectivity index (χ1v) is 9.09. The summed E-state index contributed by atoms with van der Waals surface area (Å²) in [6.45, 7) is 6.03. The predicted octanol–water partition coefficient (Wildman–Crippen LogP) is 6.49. The molecule has 1 aromatic heterocycles. The molecule has 1 heterocycles. The van der Waals surface area contributed by atoms with Gasteiger partial charge in [-0.15, -0.1) is 0 Å². The van der Waals surface area contributed by atoms with E-state index in [0.29, 0.717) is 0 Å². The number of nitrogens with one attached hydrogen (secondary N) is 1. The maximum atomic E-state index is 4.72. The van der Waals surface area contributed by atoms with Crippen LogP contribution in [0.3, 0.4) is 0 Å². The number of aryl methyl sites for hydroxylation is 1. The largest absolute Gasteiger partial charge is 0.338 e. The highest BCUT2D eigenvalue weighted by molar-refractivity contribution is 5.82. The molecule has 2 heteroatoms. The van der Waals surface area contributed by atoms with Crippen LogP contribution >= 0.6 is 0 Å². The molecule has 26 heavy (non-hydrogen) atoms. The maximum absolute atomic E-state index is 4.72. The molecule has 1 N–H and O–H groups in total. The molecule has 0 fully saturated rings. The lowest BCUT2D eigenvalue weighted by Crippen LogP contribution is -1.84. The summed E-state index contributed by atoms with van der Waals surface area (Å²) >= 11 is 0. The average molecular weight is 338 g/mol. The van der Waals surface area contributed by atoms with Gasteiger partial charge in [0.25, 0.3) is 0 Å². The zero-order valence-corrected chi connectivity index (χ0v) is 15.0. The molecule has 128 valence electrons. The first kappa shape index (κ1) is 16.3. The third-order valence-corrected chi connectivity index (χ3v) is 4.73. The summed E-state index contributed by atoms with van der Waals surface area (Å²) < 4.78 is 0. The molecule has 0 saturated heterocycles. The second kappa shape index (κ2) is 7.01. The van der Waals surface area contributed by atoms with Crippen LogP contribution < -0.4 is 0 Å². The van der Waals surface area contributed by atoms with Gasteiger partial charge in [-0.1, -0.05) is 80.6 Å². The molecule has 0 unspecified atom stereocenters. The predicted molar refractivity (Wildman–Crippen MR) is 111 cm³/mol. The van der Waals surface area contributed by atoms with E-state index in [0.717, 1.165) is 34.4 Å². The normalized spacial score (nSPS) is 11.0. The maximum Gasteiger partial charge on any atom is 0.138 e. The lowest BCUT2D eigenvalue weighted by molar-refractivity contribution is 0.922. The molecular weight excluding hydrogens is 316 g/mol. The van der Waals surface area contributed by atoms with Crippen LogP contribution in [0.4, 0.5) is 0 Å². The molecular formula is C24H22N2. The van der Waals surface area contributed by atoms with Gasteiger partial charge >= 0.3 is 0 Å². The third kappa shape index (κ3) is 3.18. The lowest BCUT2D eigenvalue weighted by atomic mass is 10.0. The molecule has 4 aromatic rings. The van der Waals surface area contributed by atoms with E-state index in [1.807, 2.05) is 12.1 Å². The summed E-state index contributed by atoms with van der Waals surface area (Å²) in [5, 5.41) is 0. The van der Waals surface area contributed by atoms with Gasteiger partial charge in [0.05, 0.1) is 11.0 Å². The van der Waals surface area contributed by atoms with Crippen molar-refractivity contribution in [2.24, 2.45) is 0 Å². The van der Waals surface area contributed by atoms with Gasteiger partial charge in [-0.2, -0.15) is 0 Å². The summed E-state index contributed by atoms with van der Waals surface area (Å²) in [6.07, 6.45) is 4.16. The van der Waals surface area contributed by atoms with Crippen LogP contribution in [0, 0.1) is 0 Å². The zero-order valence-electron chi connectivity index (χ0n) is 15.0. The molecule has 0 atom stereocenters. The van der Waals surface area contributed by atoms with Crippen molar-refractivity contribution in [3.8, 4) is 22.5 Å².